The summed E-state index contributed by atoms with van der Waals surface area (Å²) in [5.41, 5.74) is 2.53. The third-order valence-corrected chi connectivity index (χ3v) is 4.93. The number of carbonyl (C=O) groups is 2. The van der Waals surface area contributed by atoms with E-state index >= 15 is 0 Å². The van der Waals surface area contributed by atoms with Crippen LogP contribution in [0.5, 0.6) is 0 Å². The molecule has 0 aromatic heterocycles. The van der Waals surface area contributed by atoms with Gasteiger partial charge in [0.1, 0.15) is 5.60 Å². The molecule has 5 nitrogen and oxygen atoms in total. The number of amides is 2. The molecule has 1 aliphatic carbocycles. The molecule has 2 N–H and O–H groups in total. The Bertz CT molecular complexity index is 842. The van der Waals surface area contributed by atoms with E-state index in [1.54, 1.807) is 0 Å². The maximum absolute atomic E-state index is 12.9. The first-order valence-electron chi connectivity index (χ1n) is 9.67. The molecule has 1 unspecified atom stereocenters. The van der Waals surface area contributed by atoms with Crippen LogP contribution in [0.25, 0.3) is 0 Å². The van der Waals surface area contributed by atoms with Gasteiger partial charge in [-0.2, -0.15) is 0 Å². The Kier molecular flexibility index (Phi) is 5.73. The van der Waals surface area contributed by atoms with Gasteiger partial charge in [0.2, 0.25) is 5.91 Å². The first kappa shape index (κ1) is 19.9. The van der Waals surface area contributed by atoms with Gasteiger partial charge in [-0.25, -0.2) is 4.79 Å². The third kappa shape index (κ3) is 4.71. The molecule has 0 heterocycles. The van der Waals surface area contributed by atoms with Crippen LogP contribution in [0.1, 0.15) is 56.3 Å². The van der Waals surface area contributed by atoms with Gasteiger partial charge in [0.05, 0.1) is 18.0 Å². The highest BCUT2D eigenvalue weighted by molar-refractivity contribution is 5.83. The number of carbonyl (C=O) groups excluding carboxylic acids is 2. The van der Waals surface area contributed by atoms with Crippen LogP contribution in [0.2, 0.25) is 0 Å². The van der Waals surface area contributed by atoms with Gasteiger partial charge in [-0.15, -0.1) is 0 Å². The van der Waals surface area contributed by atoms with E-state index in [0.29, 0.717) is 6.42 Å². The van der Waals surface area contributed by atoms with Crippen molar-refractivity contribution in [3.05, 3.63) is 71.3 Å². The summed E-state index contributed by atoms with van der Waals surface area (Å²) in [4.78, 5) is 25.2. The van der Waals surface area contributed by atoms with Crippen molar-refractivity contribution in [2.45, 2.75) is 57.7 Å². The maximum Gasteiger partial charge on any atom is 0.408 e. The number of fused-ring (bicyclic) bond motifs is 1. The van der Waals surface area contributed by atoms with Crippen LogP contribution in [-0.4, -0.2) is 23.6 Å². The van der Waals surface area contributed by atoms with E-state index in [1.165, 1.54) is 0 Å². The smallest absolute Gasteiger partial charge is 0.408 e. The molecular weight excluding hydrogens is 352 g/mol. The van der Waals surface area contributed by atoms with Crippen LogP contribution >= 0.6 is 0 Å². The molecule has 3 atom stereocenters. The summed E-state index contributed by atoms with van der Waals surface area (Å²) in [5, 5.41) is 6.08. The topological polar surface area (TPSA) is 67.4 Å². The quantitative estimate of drug-likeness (QED) is 0.839. The number of alkyl carbamates (subject to hydrolysis) is 1. The molecule has 2 aromatic carbocycles. The second-order valence-electron chi connectivity index (χ2n) is 8.27. The summed E-state index contributed by atoms with van der Waals surface area (Å²) < 4.78 is 5.42. The Hall–Kier alpha value is -2.82. The summed E-state index contributed by atoms with van der Waals surface area (Å²) in [6, 6.07) is 17.1. The lowest BCUT2D eigenvalue weighted by Gasteiger charge is -2.26. The van der Waals surface area contributed by atoms with E-state index in [9.17, 15) is 9.59 Å². The molecule has 0 radical (unpaired) electrons. The van der Waals surface area contributed by atoms with Crippen LogP contribution in [0.15, 0.2) is 54.6 Å². The minimum Gasteiger partial charge on any atom is -0.444 e. The fourth-order valence-electron chi connectivity index (χ4n) is 3.54. The third-order valence-electron chi connectivity index (χ3n) is 4.93. The van der Waals surface area contributed by atoms with Crippen molar-refractivity contribution in [3.63, 3.8) is 0 Å². The molecule has 0 saturated carbocycles. The molecule has 0 spiro atoms. The number of nitrogens with one attached hydrogen (secondary N) is 2. The zero-order valence-corrected chi connectivity index (χ0v) is 16.9. The fraction of sp³-hybridized carbons (Fsp3) is 0.391. The van der Waals surface area contributed by atoms with E-state index < -0.39 is 11.7 Å². The van der Waals surface area contributed by atoms with Gasteiger partial charge in [-0.05, 0) is 50.8 Å². The molecule has 3 rings (SSSR count). The molecule has 0 bridgehead atoms. The molecular formula is C23H28N2O3. The van der Waals surface area contributed by atoms with Crippen molar-refractivity contribution in [2.75, 3.05) is 0 Å². The van der Waals surface area contributed by atoms with Crippen LogP contribution in [0.3, 0.4) is 0 Å². The number of rotatable bonds is 4. The Morgan fingerprint density at radius 3 is 2.32 bits per heavy atom. The van der Waals surface area contributed by atoms with Gasteiger partial charge in [0.25, 0.3) is 0 Å². The summed E-state index contributed by atoms with van der Waals surface area (Å²) in [7, 11) is 0. The zero-order valence-electron chi connectivity index (χ0n) is 16.9. The van der Waals surface area contributed by atoms with Gasteiger partial charge >= 0.3 is 6.09 Å². The van der Waals surface area contributed by atoms with Crippen molar-refractivity contribution in [3.8, 4) is 0 Å². The standard InChI is InChI=1S/C23H28N2O3/c1-15(16-10-6-5-7-11-16)21(26)24-19-14-17-12-8-9-13-18(17)20(19)25-22(27)28-23(2,3)4/h5-13,15,19-20H,14H2,1-4H3,(H,24,26)(H,25,27)/t15?,19-,20-/m0/s1. The van der Waals surface area contributed by atoms with E-state index in [4.69, 9.17) is 4.74 Å². The highest BCUT2D eigenvalue weighted by Crippen LogP contribution is 2.32. The first-order valence-corrected chi connectivity index (χ1v) is 9.67. The van der Waals surface area contributed by atoms with Gasteiger partial charge < -0.3 is 15.4 Å². The van der Waals surface area contributed by atoms with Crippen LogP contribution in [-0.2, 0) is 16.0 Å². The van der Waals surface area contributed by atoms with Gasteiger partial charge in [-0.3, -0.25) is 4.79 Å². The van der Waals surface area contributed by atoms with E-state index in [-0.39, 0.29) is 23.9 Å². The predicted molar refractivity (Wildman–Crippen MR) is 109 cm³/mol. The molecule has 28 heavy (non-hydrogen) atoms. The average Bonchev–Trinajstić information content (AvgIpc) is 2.97. The first-order chi connectivity index (χ1) is 13.2. The predicted octanol–water partition coefficient (Wildman–Crippen LogP) is 4.10. The van der Waals surface area contributed by atoms with Crippen LogP contribution < -0.4 is 10.6 Å². The Morgan fingerprint density at radius 2 is 1.64 bits per heavy atom. The van der Waals surface area contributed by atoms with Crippen LogP contribution in [0, 0.1) is 0 Å². The molecule has 2 aromatic rings. The largest absolute Gasteiger partial charge is 0.444 e. The number of benzene rings is 2. The summed E-state index contributed by atoms with van der Waals surface area (Å²) in [6.45, 7) is 7.38. The van der Waals surface area contributed by atoms with Crippen molar-refractivity contribution in [2.24, 2.45) is 0 Å². The molecule has 0 aliphatic heterocycles. The Balaban J connectivity index is 1.75. The van der Waals surface area contributed by atoms with Gasteiger partial charge in [0.15, 0.2) is 0 Å². The van der Waals surface area contributed by atoms with Crippen molar-refractivity contribution < 1.29 is 14.3 Å². The minimum atomic E-state index is -0.581. The summed E-state index contributed by atoms with van der Waals surface area (Å²) in [5.74, 6) is -0.327. The molecule has 1 aliphatic rings. The average molecular weight is 380 g/mol. The van der Waals surface area contributed by atoms with Gasteiger partial charge in [-0.1, -0.05) is 54.6 Å². The lowest BCUT2D eigenvalue weighted by Crippen LogP contribution is -2.46. The lowest BCUT2D eigenvalue weighted by molar-refractivity contribution is -0.123. The highest BCUT2D eigenvalue weighted by atomic mass is 16.6. The second kappa shape index (κ2) is 8.05. The normalized spacial score (nSPS) is 19.4. The van der Waals surface area contributed by atoms with E-state index in [0.717, 1.165) is 16.7 Å². The van der Waals surface area contributed by atoms with Crippen molar-refractivity contribution in [1.82, 2.24) is 10.6 Å². The summed E-state index contributed by atoms with van der Waals surface area (Å²) >= 11 is 0. The van der Waals surface area contributed by atoms with Crippen molar-refractivity contribution >= 4 is 12.0 Å². The van der Waals surface area contributed by atoms with Crippen molar-refractivity contribution in [1.29, 1.82) is 0 Å². The maximum atomic E-state index is 12.9. The Labute approximate surface area is 166 Å². The minimum absolute atomic E-state index is 0.0556. The molecule has 0 fully saturated rings. The molecule has 2 amide bonds. The molecule has 5 heteroatoms. The summed E-state index contributed by atoms with van der Waals surface area (Å²) in [6.07, 6.45) is 0.189. The molecule has 0 saturated heterocycles. The second-order valence-corrected chi connectivity index (χ2v) is 8.27. The number of hydrogen-bond donors (Lipinski definition) is 2. The SMILES string of the molecule is CC(C(=O)N[C@H]1Cc2ccccc2[C@@H]1NC(=O)OC(C)(C)C)c1ccccc1. The fourth-order valence-corrected chi connectivity index (χ4v) is 3.54. The highest BCUT2D eigenvalue weighted by Gasteiger charge is 2.36. The number of ether oxygens (including phenoxy) is 1. The lowest BCUT2D eigenvalue weighted by atomic mass is 9.99. The van der Waals surface area contributed by atoms with E-state index in [2.05, 4.69) is 10.6 Å². The van der Waals surface area contributed by atoms with E-state index in [1.807, 2.05) is 82.3 Å². The number of hydrogen-bond acceptors (Lipinski definition) is 3. The Morgan fingerprint density at radius 1 is 1.00 bits per heavy atom. The monoisotopic (exact) mass is 380 g/mol. The van der Waals surface area contributed by atoms with Crippen LogP contribution in [0.4, 0.5) is 4.79 Å². The molecule has 148 valence electrons. The zero-order chi connectivity index (χ0) is 20.3. The van der Waals surface area contributed by atoms with Gasteiger partial charge in [0, 0.05) is 0 Å².